The van der Waals surface area contributed by atoms with E-state index in [1.165, 1.54) is 6.33 Å². The Bertz CT molecular complexity index is 828. The van der Waals surface area contributed by atoms with Crippen LogP contribution in [0.1, 0.15) is 13.8 Å². The lowest BCUT2D eigenvalue weighted by atomic mass is 10.2. The van der Waals surface area contributed by atoms with Crippen molar-refractivity contribution in [2.45, 2.75) is 20.0 Å². The summed E-state index contributed by atoms with van der Waals surface area (Å²) in [5, 5.41) is 0.435. The first-order valence-electron chi connectivity index (χ1n) is 9.26. The van der Waals surface area contributed by atoms with Gasteiger partial charge in [0.1, 0.15) is 29.8 Å². The summed E-state index contributed by atoms with van der Waals surface area (Å²) < 4.78 is 11.7. The number of nitrogens with one attached hydrogen (secondary N) is 1. The van der Waals surface area contributed by atoms with Gasteiger partial charge in [0.05, 0.1) is 24.5 Å². The number of carbonyl (C=O) groups excluding carboxylic acids is 1. The number of aromatic amines is 1. The zero-order valence-electron chi connectivity index (χ0n) is 15.8. The highest BCUT2D eigenvalue weighted by molar-refractivity contribution is 5.85. The molecule has 0 radical (unpaired) electrons. The molecule has 3 rings (SSSR count). The van der Waals surface area contributed by atoms with Gasteiger partial charge in [-0.25, -0.2) is 4.98 Å². The van der Waals surface area contributed by atoms with Gasteiger partial charge in [-0.1, -0.05) is 0 Å². The fraction of sp³-hybridized carbons (Fsp3) is 0.526. The van der Waals surface area contributed by atoms with Crippen molar-refractivity contribution >= 4 is 17.2 Å². The van der Waals surface area contributed by atoms with Crippen molar-refractivity contribution in [1.82, 2.24) is 19.8 Å². The minimum Gasteiger partial charge on any atom is -0.492 e. The molecule has 1 aromatic carbocycles. The van der Waals surface area contributed by atoms with Crippen molar-refractivity contribution in [3.05, 3.63) is 28.8 Å². The Morgan fingerprint density at radius 2 is 1.96 bits per heavy atom. The molecule has 2 heterocycles. The smallest absolute Gasteiger partial charge is 0.262 e. The maximum atomic E-state index is 12.1. The van der Waals surface area contributed by atoms with Gasteiger partial charge in [0, 0.05) is 44.9 Å². The molecule has 8 heteroatoms. The topological polar surface area (TPSA) is 87.8 Å². The maximum Gasteiger partial charge on any atom is 0.262 e. The first-order chi connectivity index (χ1) is 13.1. The predicted octanol–water partition coefficient (Wildman–Crippen LogP) is 0.906. The van der Waals surface area contributed by atoms with Gasteiger partial charge in [0.2, 0.25) is 0 Å². The zero-order valence-corrected chi connectivity index (χ0v) is 15.8. The molecule has 0 unspecified atom stereocenters. The molecule has 1 fully saturated rings. The quantitative estimate of drug-likeness (QED) is 0.687. The number of hydrogen-bond donors (Lipinski definition) is 1. The highest BCUT2D eigenvalue weighted by atomic mass is 16.5. The standard InChI is InChI=1S/C19H26N4O4/c1-14(2)27-17-12-15(11-16-18(17)19(25)21-13-20-16)26-10-8-23-5-3-22(4-6-23)7-9-24/h9,11-14H,3-8,10H2,1-2H3,(H,20,21,25). The molecular formula is C19H26N4O4. The fourth-order valence-electron chi connectivity index (χ4n) is 3.16. The van der Waals surface area contributed by atoms with Gasteiger partial charge >= 0.3 is 0 Å². The molecule has 27 heavy (non-hydrogen) atoms. The van der Waals surface area contributed by atoms with Crippen LogP contribution < -0.4 is 15.0 Å². The van der Waals surface area contributed by atoms with E-state index >= 15 is 0 Å². The second-order valence-corrected chi connectivity index (χ2v) is 6.87. The third-order valence-corrected chi connectivity index (χ3v) is 4.52. The molecule has 1 aliphatic rings. The van der Waals surface area contributed by atoms with Crippen LogP contribution in [-0.4, -0.2) is 78.0 Å². The van der Waals surface area contributed by atoms with Crippen LogP contribution in [0.15, 0.2) is 23.3 Å². The molecule has 0 saturated carbocycles. The van der Waals surface area contributed by atoms with Crippen LogP contribution in [0.5, 0.6) is 11.5 Å². The second-order valence-electron chi connectivity index (χ2n) is 6.87. The van der Waals surface area contributed by atoms with E-state index in [9.17, 15) is 9.59 Å². The summed E-state index contributed by atoms with van der Waals surface area (Å²) in [6, 6.07) is 3.51. The minimum absolute atomic E-state index is 0.0642. The first kappa shape index (κ1) is 19.3. The van der Waals surface area contributed by atoms with Crippen LogP contribution in [0.2, 0.25) is 0 Å². The summed E-state index contributed by atoms with van der Waals surface area (Å²) in [6.45, 7) is 9.30. The molecule has 2 aromatic rings. The van der Waals surface area contributed by atoms with Gasteiger partial charge < -0.3 is 19.3 Å². The maximum absolute atomic E-state index is 12.1. The van der Waals surface area contributed by atoms with E-state index in [2.05, 4.69) is 19.8 Å². The Morgan fingerprint density at radius 1 is 1.22 bits per heavy atom. The zero-order chi connectivity index (χ0) is 19.2. The Hall–Kier alpha value is -2.45. The molecule has 146 valence electrons. The number of nitrogens with zero attached hydrogens (tertiary/aromatic N) is 3. The predicted molar refractivity (Wildman–Crippen MR) is 103 cm³/mol. The van der Waals surface area contributed by atoms with Crippen LogP contribution in [0.25, 0.3) is 10.9 Å². The number of ether oxygens (including phenoxy) is 2. The lowest BCUT2D eigenvalue weighted by Crippen LogP contribution is -2.47. The van der Waals surface area contributed by atoms with Gasteiger partial charge in [-0.2, -0.15) is 0 Å². The van der Waals surface area contributed by atoms with Crippen LogP contribution in [0.3, 0.4) is 0 Å². The number of aldehydes is 1. The van der Waals surface area contributed by atoms with Gasteiger partial charge in [-0.05, 0) is 13.8 Å². The van der Waals surface area contributed by atoms with E-state index < -0.39 is 0 Å². The molecule has 1 N–H and O–H groups in total. The van der Waals surface area contributed by atoms with Crippen molar-refractivity contribution in [3.8, 4) is 11.5 Å². The van der Waals surface area contributed by atoms with Crippen molar-refractivity contribution in [1.29, 1.82) is 0 Å². The molecular weight excluding hydrogens is 348 g/mol. The number of H-pyrrole nitrogens is 1. The largest absolute Gasteiger partial charge is 0.492 e. The molecule has 1 aromatic heterocycles. The van der Waals surface area contributed by atoms with Crippen molar-refractivity contribution in [2.75, 3.05) is 45.9 Å². The van der Waals surface area contributed by atoms with E-state index in [0.717, 1.165) is 39.0 Å². The Balaban J connectivity index is 1.63. The summed E-state index contributed by atoms with van der Waals surface area (Å²) in [7, 11) is 0. The second kappa shape index (κ2) is 8.96. The van der Waals surface area contributed by atoms with Crippen LogP contribution in [0.4, 0.5) is 0 Å². The van der Waals surface area contributed by atoms with Crippen molar-refractivity contribution in [2.24, 2.45) is 0 Å². The number of hydrogen-bond acceptors (Lipinski definition) is 7. The normalized spacial score (nSPS) is 16.0. The van der Waals surface area contributed by atoms with Crippen molar-refractivity contribution in [3.63, 3.8) is 0 Å². The Kier molecular flexibility index (Phi) is 6.41. The number of fused-ring (bicyclic) bond motifs is 1. The first-order valence-corrected chi connectivity index (χ1v) is 9.26. The fourth-order valence-corrected chi connectivity index (χ4v) is 3.16. The van der Waals surface area contributed by atoms with E-state index in [4.69, 9.17) is 9.47 Å². The molecule has 1 aliphatic heterocycles. The van der Waals surface area contributed by atoms with E-state index in [1.54, 1.807) is 12.1 Å². The SMILES string of the molecule is CC(C)Oc1cc(OCCN2CCN(CC=O)CC2)cc2nc[nH]c(=O)c12. The average Bonchev–Trinajstić information content (AvgIpc) is 2.63. The van der Waals surface area contributed by atoms with E-state index in [0.29, 0.717) is 35.6 Å². The number of benzene rings is 1. The summed E-state index contributed by atoms with van der Waals surface area (Å²) in [6.07, 6.45) is 2.27. The summed E-state index contributed by atoms with van der Waals surface area (Å²) in [5.41, 5.74) is 0.324. The highest BCUT2D eigenvalue weighted by Gasteiger charge is 2.16. The monoisotopic (exact) mass is 374 g/mol. The van der Waals surface area contributed by atoms with Gasteiger partial charge in [0.25, 0.3) is 5.56 Å². The van der Waals surface area contributed by atoms with Crippen LogP contribution >= 0.6 is 0 Å². The lowest BCUT2D eigenvalue weighted by Gasteiger charge is -2.33. The molecule has 8 nitrogen and oxygen atoms in total. The van der Waals surface area contributed by atoms with Crippen LogP contribution in [-0.2, 0) is 4.79 Å². The summed E-state index contributed by atoms with van der Waals surface area (Å²) in [5.74, 6) is 1.12. The molecule has 1 saturated heterocycles. The number of piperazine rings is 1. The number of aromatic nitrogens is 2. The Labute approximate surface area is 158 Å². The van der Waals surface area contributed by atoms with Crippen molar-refractivity contribution < 1.29 is 14.3 Å². The van der Waals surface area contributed by atoms with E-state index in [1.807, 2.05) is 13.8 Å². The van der Waals surface area contributed by atoms with Gasteiger partial charge in [0.15, 0.2) is 0 Å². The third-order valence-electron chi connectivity index (χ3n) is 4.52. The lowest BCUT2D eigenvalue weighted by molar-refractivity contribution is -0.109. The third kappa shape index (κ3) is 5.05. The Morgan fingerprint density at radius 3 is 2.67 bits per heavy atom. The minimum atomic E-state index is -0.226. The summed E-state index contributed by atoms with van der Waals surface area (Å²) >= 11 is 0. The number of rotatable bonds is 8. The molecule has 0 amide bonds. The van der Waals surface area contributed by atoms with Gasteiger partial charge in [-0.3, -0.25) is 14.6 Å². The molecule has 0 aliphatic carbocycles. The van der Waals surface area contributed by atoms with Gasteiger partial charge in [-0.15, -0.1) is 0 Å². The molecule has 0 atom stereocenters. The number of carbonyl (C=O) groups is 1. The van der Waals surface area contributed by atoms with Crippen LogP contribution in [0, 0.1) is 0 Å². The van der Waals surface area contributed by atoms with E-state index in [-0.39, 0.29) is 11.7 Å². The average molecular weight is 374 g/mol. The molecule has 0 spiro atoms. The molecule has 0 bridgehead atoms. The highest BCUT2D eigenvalue weighted by Crippen LogP contribution is 2.28. The summed E-state index contributed by atoms with van der Waals surface area (Å²) in [4.78, 5) is 34.0.